The van der Waals surface area contributed by atoms with Gasteiger partial charge in [0.1, 0.15) is 22.5 Å². The quantitative estimate of drug-likeness (QED) is 0.592. The molecule has 4 rings (SSSR count). The SMILES string of the molecule is COc1cc(CN2CCN(Cc3ccc4nsnc4c3)C[C@@H]2CCO)cc(OC)c1. The molecule has 2 aromatic carbocycles. The van der Waals surface area contributed by atoms with Crippen molar-refractivity contribution in [3.05, 3.63) is 47.5 Å². The Labute approximate surface area is 181 Å². The van der Waals surface area contributed by atoms with E-state index in [9.17, 15) is 5.11 Å². The average molecular weight is 429 g/mol. The number of benzene rings is 2. The van der Waals surface area contributed by atoms with E-state index in [2.05, 4.69) is 42.8 Å². The zero-order valence-corrected chi connectivity index (χ0v) is 18.3. The smallest absolute Gasteiger partial charge is 0.122 e. The van der Waals surface area contributed by atoms with Crippen LogP contribution in [-0.4, -0.2) is 70.2 Å². The molecular weight excluding hydrogens is 400 g/mol. The van der Waals surface area contributed by atoms with Crippen LogP contribution in [0.3, 0.4) is 0 Å². The van der Waals surface area contributed by atoms with Crippen molar-refractivity contribution in [2.45, 2.75) is 25.6 Å². The summed E-state index contributed by atoms with van der Waals surface area (Å²) in [6.45, 7) is 4.74. The Balaban J connectivity index is 1.44. The first-order valence-electron chi connectivity index (χ1n) is 10.2. The molecule has 30 heavy (non-hydrogen) atoms. The van der Waals surface area contributed by atoms with Gasteiger partial charge in [0.15, 0.2) is 0 Å². The molecule has 0 amide bonds. The third kappa shape index (κ3) is 4.89. The van der Waals surface area contributed by atoms with Crippen LogP contribution in [0.5, 0.6) is 11.5 Å². The van der Waals surface area contributed by atoms with E-state index in [-0.39, 0.29) is 6.61 Å². The van der Waals surface area contributed by atoms with Crippen molar-refractivity contribution >= 4 is 22.8 Å². The van der Waals surface area contributed by atoms with E-state index < -0.39 is 0 Å². The van der Waals surface area contributed by atoms with Crippen molar-refractivity contribution in [2.24, 2.45) is 0 Å². The van der Waals surface area contributed by atoms with E-state index in [0.29, 0.717) is 6.04 Å². The molecule has 1 aliphatic heterocycles. The lowest BCUT2D eigenvalue weighted by Gasteiger charge is -2.41. The monoisotopic (exact) mass is 428 g/mol. The Hall–Kier alpha value is -2.26. The minimum Gasteiger partial charge on any atom is -0.497 e. The number of aliphatic hydroxyl groups is 1. The summed E-state index contributed by atoms with van der Waals surface area (Å²) in [5.74, 6) is 1.60. The fourth-order valence-corrected chi connectivity index (χ4v) is 4.63. The van der Waals surface area contributed by atoms with Crippen LogP contribution in [0, 0.1) is 0 Å². The molecule has 0 spiro atoms. The minimum atomic E-state index is 0.187. The van der Waals surface area contributed by atoms with Gasteiger partial charge in [-0.05, 0) is 41.8 Å². The lowest BCUT2D eigenvalue weighted by molar-refractivity contribution is 0.0499. The van der Waals surface area contributed by atoms with Gasteiger partial charge in [-0.1, -0.05) is 6.07 Å². The highest BCUT2D eigenvalue weighted by atomic mass is 32.1. The summed E-state index contributed by atoms with van der Waals surface area (Å²) in [4.78, 5) is 4.92. The van der Waals surface area contributed by atoms with Crippen molar-refractivity contribution in [3.8, 4) is 11.5 Å². The third-order valence-corrected chi connectivity index (χ3v) is 6.23. The molecule has 1 aliphatic rings. The number of methoxy groups -OCH3 is 2. The highest BCUT2D eigenvalue weighted by Gasteiger charge is 2.27. The van der Waals surface area contributed by atoms with Crippen molar-refractivity contribution < 1.29 is 14.6 Å². The molecule has 7 nitrogen and oxygen atoms in total. The van der Waals surface area contributed by atoms with Crippen molar-refractivity contribution in [3.63, 3.8) is 0 Å². The normalized spacial score (nSPS) is 18.0. The molecule has 2 heterocycles. The first kappa shape index (κ1) is 21.0. The van der Waals surface area contributed by atoms with E-state index in [1.807, 2.05) is 12.1 Å². The Bertz CT molecular complexity index is 958. The second kappa shape index (κ2) is 9.70. The van der Waals surface area contributed by atoms with Gasteiger partial charge < -0.3 is 14.6 Å². The highest BCUT2D eigenvalue weighted by molar-refractivity contribution is 7.00. The van der Waals surface area contributed by atoms with Crippen molar-refractivity contribution in [1.82, 2.24) is 18.5 Å². The van der Waals surface area contributed by atoms with E-state index in [1.54, 1.807) is 14.2 Å². The fourth-order valence-electron chi connectivity index (χ4n) is 4.11. The van der Waals surface area contributed by atoms with E-state index in [4.69, 9.17) is 9.47 Å². The number of aromatic nitrogens is 2. The summed E-state index contributed by atoms with van der Waals surface area (Å²) < 4.78 is 19.5. The van der Waals surface area contributed by atoms with Crippen LogP contribution in [0.4, 0.5) is 0 Å². The topological polar surface area (TPSA) is 71.0 Å². The summed E-state index contributed by atoms with van der Waals surface area (Å²) in [6, 6.07) is 12.6. The minimum absolute atomic E-state index is 0.187. The Morgan fingerprint density at radius 3 is 2.47 bits per heavy atom. The van der Waals surface area contributed by atoms with E-state index >= 15 is 0 Å². The average Bonchev–Trinajstić information content (AvgIpc) is 3.23. The summed E-state index contributed by atoms with van der Waals surface area (Å²) >= 11 is 1.26. The van der Waals surface area contributed by atoms with Crippen LogP contribution in [0.2, 0.25) is 0 Å². The van der Waals surface area contributed by atoms with Crippen LogP contribution < -0.4 is 9.47 Å². The van der Waals surface area contributed by atoms with Gasteiger partial charge in [-0.3, -0.25) is 9.80 Å². The molecular formula is C22H28N4O3S. The summed E-state index contributed by atoms with van der Waals surface area (Å²) in [6.07, 6.45) is 0.757. The summed E-state index contributed by atoms with van der Waals surface area (Å²) in [5, 5.41) is 9.64. The first-order chi connectivity index (χ1) is 14.7. The molecule has 8 heteroatoms. The maximum absolute atomic E-state index is 9.64. The molecule has 1 fully saturated rings. The largest absolute Gasteiger partial charge is 0.497 e. The first-order valence-corrected chi connectivity index (χ1v) is 10.9. The molecule has 3 aromatic rings. The molecule has 1 N–H and O–H groups in total. The Morgan fingerprint density at radius 2 is 1.73 bits per heavy atom. The number of rotatable bonds is 8. The zero-order chi connectivity index (χ0) is 20.9. The Morgan fingerprint density at radius 1 is 0.967 bits per heavy atom. The van der Waals surface area contributed by atoms with Gasteiger partial charge in [-0.2, -0.15) is 8.75 Å². The van der Waals surface area contributed by atoms with Crippen molar-refractivity contribution in [2.75, 3.05) is 40.5 Å². The highest BCUT2D eigenvalue weighted by Crippen LogP contribution is 2.25. The summed E-state index contributed by atoms with van der Waals surface area (Å²) in [5.41, 5.74) is 4.34. The van der Waals surface area contributed by atoms with Crippen LogP contribution in [0.1, 0.15) is 17.5 Å². The molecule has 160 valence electrons. The fraction of sp³-hybridized carbons (Fsp3) is 0.455. The molecule has 0 bridgehead atoms. The number of nitrogens with zero attached hydrogens (tertiary/aromatic N) is 4. The van der Waals surface area contributed by atoms with Gasteiger partial charge in [0.2, 0.25) is 0 Å². The van der Waals surface area contributed by atoms with Crippen LogP contribution >= 0.6 is 11.7 Å². The molecule has 0 aliphatic carbocycles. The number of ether oxygens (including phenoxy) is 2. The van der Waals surface area contributed by atoms with E-state index in [1.165, 1.54) is 17.3 Å². The van der Waals surface area contributed by atoms with Crippen molar-refractivity contribution in [1.29, 1.82) is 0 Å². The lowest BCUT2D eigenvalue weighted by atomic mass is 10.1. The summed E-state index contributed by atoms with van der Waals surface area (Å²) in [7, 11) is 3.34. The maximum atomic E-state index is 9.64. The zero-order valence-electron chi connectivity index (χ0n) is 17.5. The molecule has 0 saturated carbocycles. The molecule has 0 unspecified atom stereocenters. The van der Waals surface area contributed by atoms with E-state index in [0.717, 1.165) is 67.2 Å². The second-order valence-electron chi connectivity index (χ2n) is 7.68. The van der Waals surface area contributed by atoms with Crippen LogP contribution in [-0.2, 0) is 13.1 Å². The van der Waals surface area contributed by atoms with Gasteiger partial charge in [-0.15, -0.1) is 0 Å². The molecule has 1 saturated heterocycles. The van der Waals surface area contributed by atoms with Gasteiger partial charge in [-0.25, -0.2) is 0 Å². The number of piperazine rings is 1. The van der Waals surface area contributed by atoms with Crippen LogP contribution in [0.25, 0.3) is 11.0 Å². The number of hydrogen-bond acceptors (Lipinski definition) is 8. The predicted molar refractivity (Wildman–Crippen MR) is 118 cm³/mol. The van der Waals surface area contributed by atoms with Gasteiger partial charge in [0.25, 0.3) is 0 Å². The third-order valence-electron chi connectivity index (χ3n) is 5.67. The number of fused-ring (bicyclic) bond motifs is 1. The predicted octanol–water partition coefficient (Wildman–Crippen LogP) is 2.78. The van der Waals surface area contributed by atoms with Gasteiger partial charge in [0.05, 0.1) is 25.9 Å². The standard InChI is InChI=1S/C22H28N4O3S/c1-28-19-9-17(10-20(12-19)29-2)14-26-7-6-25(15-18(26)5-8-27)13-16-3-4-21-22(11-16)24-30-23-21/h3-4,9-12,18,27H,5-8,13-15H2,1-2H3/t18-/m0/s1. The lowest BCUT2D eigenvalue weighted by Crippen LogP contribution is -2.52. The molecule has 1 atom stereocenters. The number of hydrogen-bond donors (Lipinski definition) is 1. The van der Waals surface area contributed by atoms with Crippen LogP contribution in [0.15, 0.2) is 36.4 Å². The van der Waals surface area contributed by atoms with Gasteiger partial charge in [0, 0.05) is 51.4 Å². The Kier molecular flexibility index (Phi) is 6.79. The van der Waals surface area contributed by atoms with Gasteiger partial charge >= 0.3 is 0 Å². The number of aliphatic hydroxyl groups excluding tert-OH is 1. The maximum Gasteiger partial charge on any atom is 0.122 e. The molecule has 0 radical (unpaired) electrons. The molecule has 1 aromatic heterocycles. The second-order valence-corrected chi connectivity index (χ2v) is 8.21.